The predicted molar refractivity (Wildman–Crippen MR) is 91.6 cm³/mol. The van der Waals surface area contributed by atoms with Crippen molar-refractivity contribution >= 4 is 29.1 Å². The monoisotopic (exact) mass is 348 g/mol. The molecule has 0 atom stereocenters. The molecule has 2 amide bonds. The van der Waals surface area contributed by atoms with Gasteiger partial charge in [-0.15, -0.1) is 0 Å². The summed E-state index contributed by atoms with van der Waals surface area (Å²) in [6.07, 6.45) is 0. The molecule has 0 aliphatic heterocycles. The lowest BCUT2D eigenvalue weighted by Gasteiger charge is -2.09. The molecule has 7 heteroatoms. The molecule has 2 N–H and O–H groups in total. The quantitative estimate of drug-likeness (QED) is 0.806. The predicted octanol–water partition coefficient (Wildman–Crippen LogP) is 2.48. The van der Waals surface area contributed by atoms with Crippen LogP contribution in [0.25, 0.3) is 0 Å². The van der Waals surface area contributed by atoms with Gasteiger partial charge in [0, 0.05) is 5.69 Å². The van der Waals surface area contributed by atoms with Gasteiger partial charge >= 0.3 is 0 Å². The first-order valence-corrected chi connectivity index (χ1v) is 7.54. The second kappa shape index (κ2) is 8.79. The molecule has 24 heavy (non-hydrogen) atoms. The van der Waals surface area contributed by atoms with E-state index in [-0.39, 0.29) is 25.0 Å². The number of nitrogens with one attached hydrogen (secondary N) is 2. The highest BCUT2D eigenvalue weighted by atomic mass is 35.5. The van der Waals surface area contributed by atoms with E-state index in [9.17, 15) is 9.59 Å². The van der Waals surface area contributed by atoms with Crippen LogP contribution in [0, 0.1) is 0 Å². The Bertz CT molecular complexity index is 707. The Hall–Kier alpha value is -2.73. The van der Waals surface area contributed by atoms with Gasteiger partial charge in [0.2, 0.25) is 5.91 Å². The molecule has 0 bridgehead atoms. The van der Waals surface area contributed by atoms with Crippen LogP contribution in [0.15, 0.2) is 48.5 Å². The number of hydrogen-bond acceptors (Lipinski definition) is 4. The van der Waals surface area contributed by atoms with E-state index in [2.05, 4.69) is 10.6 Å². The fraction of sp³-hybridized carbons (Fsp3) is 0.176. The first-order chi connectivity index (χ1) is 11.6. The minimum atomic E-state index is -0.387. The van der Waals surface area contributed by atoms with Gasteiger partial charge in [0.25, 0.3) is 5.91 Å². The minimum Gasteiger partial charge on any atom is -0.495 e. The zero-order valence-electron chi connectivity index (χ0n) is 13.0. The number of rotatable bonds is 7. The van der Waals surface area contributed by atoms with Crippen molar-refractivity contribution in [2.24, 2.45) is 0 Å². The number of hydrogen-bond donors (Lipinski definition) is 2. The van der Waals surface area contributed by atoms with Crippen molar-refractivity contribution in [2.75, 3.05) is 25.6 Å². The Morgan fingerprint density at radius 3 is 2.50 bits per heavy atom. The van der Waals surface area contributed by atoms with Crippen LogP contribution in [0.5, 0.6) is 11.5 Å². The van der Waals surface area contributed by atoms with Crippen LogP contribution in [-0.4, -0.2) is 32.1 Å². The zero-order chi connectivity index (χ0) is 17.4. The number of benzene rings is 2. The van der Waals surface area contributed by atoms with Crippen LogP contribution >= 0.6 is 11.6 Å². The lowest BCUT2D eigenvalue weighted by Crippen LogP contribution is -2.35. The lowest BCUT2D eigenvalue weighted by molar-refractivity contribution is -0.125. The summed E-state index contributed by atoms with van der Waals surface area (Å²) in [5.74, 6) is 0.345. The van der Waals surface area contributed by atoms with Gasteiger partial charge in [-0.1, -0.05) is 29.8 Å². The number of halogens is 1. The second-order valence-electron chi connectivity index (χ2n) is 4.78. The first-order valence-electron chi connectivity index (χ1n) is 7.16. The van der Waals surface area contributed by atoms with E-state index in [1.165, 1.54) is 7.11 Å². The lowest BCUT2D eigenvalue weighted by atomic mass is 10.3. The highest BCUT2D eigenvalue weighted by Gasteiger charge is 2.08. The maximum atomic E-state index is 11.8. The third-order valence-electron chi connectivity index (χ3n) is 2.99. The van der Waals surface area contributed by atoms with Gasteiger partial charge in [-0.3, -0.25) is 9.59 Å². The standard InChI is InChI=1S/C17H17ClN2O4/c1-23-15-8-7-12(9-14(15)18)20-16(21)10-19-17(22)11-24-13-5-3-2-4-6-13/h2-9H,10-11H2,1H3,(H,19,22)(H,20,21). The van der Waals surface area contributed by atoms with Crippen molar-refractivity contribution in [3.63, 3.8) is 0 Å². The van der Waals surface area contributed by atoms with Crippen LogP contribution in [0.4, 0.5) is 5.69 Å². The van der Waals surface area contributed by atoms with Gasteiger partial charge in [0.05, 0.1) is 18.7 Å². The Morgan fingerprint density at radius 1 is 1.08 bits per heavy atom. The van der Waals surface area contributed by atoms with E-state index in [1.54, 1.807) is 42.5 Å². The first kappa shape index (κ1) is 17.6. The summed E-state index contributed by atoms with van der Waals surface area (Å²) in [7, 11) is 1.51. The van der Waals surface area contributed by atoms with Crippen LogP contribution in [0.2, 0.25) is 5.02 Å². The summed E-state index contributed by atoms with van der Waals surface area (Å²) in [4.78, 5) is 23.5. The molecule has 0 aromatic heterocycles. The fourth-order valence-electron chi connectivity index (χ4n) is 1.84. The maximum Gasteiger partial charge on any atom is 0.258 e. The molecule has 2 aromatic carbocycles. The van der Waals surface area contributed by atoms with E-state index in [0.29, 0.717) is 22.2 Å². The Morgan fingerprint density at radius 2 is 1.83 bits per heavy atom. The molecule has 126 valence electrons. The molecule has 0 fully saturated rings. The molecule has 0 saturated carbocycles. The maximum absolute atomic E-state index is 11.8. The molecule has 2 aromatic rings. The molecule has 0 aliphatic rings. The van der Waals surface area contributed by atoms with E-state index < -0.39 is 0 Å². The van der Waals surface area contributed by atoms with Crippen molar-refractivity contribution in [1.29, 1.82) is 0 Å². The number of amides is 2. The summed E-state index contributed by atoms with van der Waals surface area (Å²) in [6.45, 7) is -0.327. The van der Waals surface area contributed by atoms with E-state index in [0.717, 1.165) is 0 Å². The van der Waals surface area contributed by atoms with Gasteiger partial charge in [-0.25, -0.2) is 0 Å². The van der Waals surface area contributed by atoms with Crippen LogP contribution in [-0.2, 0) is 9.59 Å². The molecule has 0 heterocycles. The van der Waals surface area contributed by atoms with Crippen molar-refractivity contribution in [3.05, 3.63) is 53.6 Å². The molecule has 0 saturated heterocycles. The number of methoxy groups -OCH3 is 1. The number of para-hydroxylation sites is 1. The highest BCUT2D eigenvalue weighted by Crippen LogP contribution is 2.27. The summed E-state index contributed by atoms with van der Waals surface area (Å²) in [5, 5.41) is 5.49. The summed E-state index contributed by atoms with van der Waals surface area (Å²) in [5.41, 5.74) is 0.514. The average molecular weight is 349 g/mol. The third kappa shape index (κ3) is 5.48. The van der Waals surface area contributed by atoms with Gasteiger partial charge in [0.15, 0.2) is 6.61 Å². The zero-order valence-corrected chi connectivity index (χ0v) is 13.8. The SMILES string of the molecule is COc1ccc(NC(=O)CNC(=O)COc2ccccc2)cc1Cl. The Labute approximate surface area is 144 Å². The average Bonchev–Trinajstić information content (AvgIpc) is 2.59. The third-order valence-corrected chi connectivity index (χ3v) is 3.29. The molecular weight excluding hydrogens is 332 g/mol. The van der Waals surface area contributed by atoms with E-state index in [1.807, 2.05) is 6.07 Å². The van der Waals surface area contributed by atoms with E-state index in [4.69, 9.17) is 21.1 Å². The number of carbonyl (C=O) groups is 2. The molecule has 0 unspecified atom stereocenters. The smallest absolute Gasteiger partial charge is 0.258 e. The largest absolute Gasteiger partial charge is 0.495 e. The van der Waals surface area contributed by atoms with Gasteiger partial charge < -0.3 is 20.1 Å². The topological polar surface area (TPSA) is 76.7 Å². The fourth-order valence-corrected chi connectivity index (χ4v) is 2.10. The second-order valence-corrected chi connectivity index (χ2v) is 5.18. The number of carbonyl (C=O) groups excluding carboxylic acids is 2. The Kier molecular flexibility index (Phi) is 6.45. The van der Waals surface area contributed by atoms with E-state index >= 15 is 0 Å². The van der Waals surface area contributed by atoms with Gasteiger partial charge in [0.1, 0.15) is 11.5 Å². The van der Waals surface area contributed by atoms with Crippen molar-refractivity contribution in [2.45, 2.75) is 0 Å². The molecule has 2 rings (SSSR count). The minimum absolute atomic E-state index is 0.161. The summed E-state index contributed by atoms with van der Waals surface area (Å²) >= 11 is 5.98. The molecule has 0 aliphatic carbocycles. The highest BCUT2D eigenvalue weighted by molar-refractivity contribution is 6.32. The van der Waals surface area contributed by atoms with Crippen molar-refractivity contribution in [1.82, 2.24) is 5.32 Å². The van der Waals surface area contributed by atoms with Gasteiger partial charge in [-0.05, 0) is 30.3 Å². The van der Waals surface area contributed by atoms with Crippen LogP contribution < -0.4 is 20.1 Å². The van der Waals surface area contributed by atoms with Crippen molar-refractivity contribution in [3.8, 4) is 11.5 Å². The normalized spacial score (nSPS) is 9.92. The summed E-state index contributed by atoms with van der Waals surface area (Å²) < 4.78 is 10.3. The molecule has 0 radical (unpaired) electrons. The Balaban J connectivity index is 1.74. The van der Waals surface area contributed by atoms with Crippen LogP contribution in [0.3, 0.4) is 0 Å². The van der Waals surface area contributed by atoms with Crippen LogP contribution in [0.1, 0.15) is 0 Å². The number of ether oxygens (including phenoxy) is 2. The van der Waals surface area contributed by atoms with Gasteiger partial charge in [-0.2, -0.15) is 0 Å². The van der Waals surface area contributed by atoms with Crippen molar-refractivity contribution < 1.29 is 19.1 Å². The molecule has 0 spiro atoms. The molecule has 6 nitrogen and oxygen atoms in total. The number of anilines is 1. The summed E-state index contributed by atoms with van der Waals surface area (Å²) in [6, 6.07) is 13.8. The molecular formula is C17H17ClN2O4.